The first-order valence-electron chi connectivity index (χ1n) is 8.68. The Labute approximate surface area is 151 Å². The van der Waals surface area contributed by atoms with Gasteiger partial charge in [-0.25, -0.2) is 4.39 Å². The van der Waals surface area contributed by atoms with Gasteiger partial charge < -0.3 is 9.88 Å². The lowest BCUT2D eigenvalue weighted by Gasteiger charge is -2.21. The lowest BCUT2D eigenvalue weighted by atomic mass is 9.89. The Balaban J connectivity index is 1.51. The zero-order valence-corrected chi connectivity index (χ0v) is 15.2. The minimum atomic E-state index is -0.282. The average Bonchev–Trinajstić information content (AvgIpc) is 3.00. The van der Waals surface area contributed by atoms with Crippen LogP contribution in [0, 0.1) is 11.7 Å². The number of benzene rings is 1. The first kappa shape index (κ1) is 17.9. The Morgan fingerprint density at radius 3 is 2.68 bits per heavy atom. The van der Waals surface area contributed by atoms with E-state index >= 15 is 0 Å². The monoisotopic (exact) mass is 362 g/mol. The van der Waals surface area contributed by atoms with E-state index in [0.717, 1.165) is 12.1 Å². The van der Waals surface area contributed by atoms with Gasteiger partial charge in [0, 0.05) is 19.2 Å². The van der Waals surface area contributed by atoms with Crippen LogP contribution in [0.5, 0.6) is 0 Å². The fraction of sp³-hybridized carbons (Fsp3) is 0.500. The van der Waals surface area contributed by atoms with E-state index in [1.165, 1.54) is 56.0 Å². The fourth-order valence-electron chi connectivity index (χ4n) is 3.12. The maximum atomic E-state index is 13.0. The van der Waals surface area contributed by atoms with Crippen LogP contribution in [0.2, 0.25) is 0 Å². The number of nitrogens with zero attached hydrogens (tertiary/aromatic N) is 3. The Kier molecular flexibility index (Phi) is 6.07. The van der Waals surface area contributed by atoms with Crippen LogP contribution in [0.15, 0.2) is 29.4 Å². The van der Waals surface area contributed by atoms with Crippen molar-refractivity contribution >= 4 is 17.7 Å². The van der Waals surface area contributed by atoms with Gasteiger partial charge in [0.1, 0.15) is 5.82 Å². The predicted octanol–water partition coefficient (Wildman–Crippen LogP) is 3.41. The normalized spacial score (nSPS) is 15.3. The molecule has 1 aromatic carbocycles. The van der Waals surface area contributed by atoms with Crippen molar-refractivity contribution in [3.05, 3.63) is 30.1 Å². The highest BCUT2D eigenvalue weighted by Crippen LogP contribution is 2.24. The third-order valence-corrected chi connectivity index (χ3v) is 5.60. The Morgan fingerprint density at radius 2 is 1.96 bits per heavy atom. The van der Waals surface area contributed by atoms with E-state index in [0.29, 0.717) is 22.7 Å². The number of hydrogen-bond donors (Lipinski definition) is 1. The molecule has 3 rings (SSSR count). The third-order valence-electron chi connectivity index (χ3n) is 4.58. The summed E-state index contributed by atoms with van der Waals surface area (Å²) < 4.78 is 14.9. The number of nitrogens with one attached hydrogen (secondary N) is 1. The number of aromatic nitrogens is 3. The van der Waals surface area contributed by atoms with E-state index in [9.17, 15) is 9.18 Å². The Morgan fingerprint density at radius 1 is 1.24 bits per heavy atom. The van der Waals surface area contributed by atoms with E-state index in [1.807, 2.05) is 11.6 Å². The highest BCUT2D eigenvalue weighted by atomic mass is 32.2. The zero-order valence-electron chi connectivity index (χ0n) is 14.4. The average molecular weight is 362 g/mol. The van der Waals surface area contributed by atoms with Gasteiger partial charge in [0.25, 0.3) is 0 Å². The maximum absolute atomic E-state index is 13.0. The standard InChI is InChI=1S/C18H23FN4OS/c1-23-17(14-7-9-15(19)10-8-14)21-22-18(23)25-12-16(24)20-11-13-5-3-2-4-6-13/h7-10,13H,2-6,11-12H2,1H3,(H,20,24). The highest BCUT2D eigenvalue weighted by molar-refractivity contribution is 7.99. The maximum Gasteiger partial charge on any atom is 0.230 e. The second-order valence-corrected chi connectivity index (χ2v) is 7.41. The first-order valence-corrected chi connectivity index (χ1v) is 9.67. The molecule has 0 spiro atoms. The molecule has 1 saturated carbocycles. The Bertz CT molecular complexity index is 710. The molecule has 0 radical (unpaired) electrons. The lowest BCUT2D eigenvalue weighted by molar-refractivity contribution is -0.118. The van der Waals surface area contributed by atoms with Crippen molar-refractivity contribution in [2.45, 2.75) is 37.3 Å². The zero-order chi connectivity index (χ0) is 17.6. The lowest BCUT2D eigenvalue weighted by Crippen LogP contribution is -2.31. The first-order chi connectivity index (χ1) is 12.1. The topological polar surface area (TPSA) is 59.8 Å². The van der Waals surface area contributed by atoms with Crippen LogP contribution in [0.4, 0.5) is 4.39 Å². The van der Waals surface area contributed by atoms with Gasteiger partial charge in [0.05, 0.1) is 5.75 Å². The number of hydrogen-bond acceptors (Lipinski definition) is 4. The van der Waals surface area contributed by atoms with E-state index in [4.69, 9.17) is 0 Å². The van der Waals surface area contributed by atoms with Gasteiger partial charge in [0.2, 0.25) is 5.91 Å². The van der Waals surface area contributed by atoms with Crippen LogP contribution in [0.3, 0.4) is 0 Å². The van der Waals surface area contributed by atoms with Gasteiger partial charge >= 0.3 is 0 Å². The highest BCUT2D eigenvalue weighted by Gasteiger charge is 2.16. The molecule has 0 bridgehead atoms. The number of carbonyl (C=O) groups is 1. The van der Waals surface area contributed by atoms with E-state index in [1.54, 1.807) is 12.1 Å². The van der Waals surface area contributed by atoms with Crippen LogP contribution < -0.4 is 5.32 Å². The largest absolute Gasteiger partial charge is 0.355 e. The summed E-state index contributed by atoms with van der Waals surface area (Å²) >= 11 is 1.36. The van der Waals surface area contributed by atoms with Gasteiger partial charge in [-0.1, -0.05) is 31.0 Å². The molecule has 1 aromatic heterocycles. The summed E-state index contributed by atoms with van der Waals surface area (Å²) in [4.78, 5) is 12.1. The van der Waals surface area contributed by atoms with Crippen LogP contribution in [0.1, 0.15) is 32.1 Å². The summed E-state index contributed by atoms with van der Waals surface area (Å²) in [5.41, 5.74) is 0.796. The van der Waals surface area contributed by atoms with E-state index in [2.05, 4.69) is 15.5 Å². The Hall–Kier alpha value is -1.89. The summed E-state index contributed by atoms with van der Waals surface area (Å²) in [5.74, 6) is 1.35. The van der Waals surface area contributed by atoms with Crippen molar-refractivity contribution < 1.29 is 9.18 Å². The summed E-state index contributed by atoms with van der Waals surface area (Å²) in [6.07, 6.45) is 6.32. The third kappa shape index (κ3) is 4.81. The molecule has 1 amide bonds. The van der Waals surface area contributed by atoms with Gasteiger partial charge in [0.15, 0.2) is 11.0 Å². The van der Waals surface area contributed by atoms with Crippen LogP contribution >= 0.6 is 11.8 Å². The second kappa shape index (κ2) is 8.47. The minimum absolute atomic E-state index is 0.0295. The summed E-state index contributed by atoms with van der Waals surface area (Å²) in [6.45, 7) is 0.777. The summed E-state index contributed by atoms with van der Waals surface area (Å²) in [7, 11) is 1.85. The number of amides is 1. The molecule has 7 heteroatoms. The number of halogens is 1. The molecule has 0 saturated heterocycles. The molecule has 134 valence electrons. The predicted molar refractivity (Wildman–Crippen MR) is 96.7 cm³/mol. The van der Waals surface area contributed by atoms with Gasteiger partial charge in [-0.3, -0.25) is 4.79 Å². The van der Waals surface area contributed by atoms with E-state index < -0.39 is 0 Å². The molecule has 1 fully saturated rings. The van der Waals surface area contributed by atoms with Crippen LogP contribution in [-0.4, -0.2) is 33.0 Å². The number of carbonyl (C=O) groups excluding carboxylic acids is 1. The van der Waals surface area contributed by atoms with Crippen molar-refractivity contribution in [1.82, 2.24) is 20.1 Å². The molecule has 1 N–H and O–H groups in total. The van der Waals surface area contributed by atoms with Crippen molar-refractivity contribution in [1.29, 1.82) is 0 Å². The number of thioether (sulfide) groups is 1. The molecule has 1 aliphatic rings. The smallest absolute Gasteiger partial charge is 0.230 e. The van der Waals surface area contributed by atoms with Crippen molar-refractivity contribution in [2.75, 3.05) is 12.3 Å². The van der Waals surface area contributed by atoms with Crippen molar-refractivity contribution in [3.8, 4) is 11.4 Å². The number of rotatable bonds is 6. The van der Waals surface area contributed by atoms with Gasteiger partial charge in [-0.15, -0.1) is 10.2 Å². The molecule has 0 unspecified atom stereocenters. The quantitative estimate of drug-likeness (QED) is 0.800. The molecule has 0 aliphatic heterocycles. The van der Waals surface area contributed by atoms with E-state index in [-0.39, 0.29) is 11.7 Å². The molecular formula is C18H23FN4OS. The second-order valence-electron chi connectivity index (χ2n) is 6.47. The molecule has 0 atom stereocenters. The fourth-order valence-corrected chi connectivity index (χ4v) is 3.86. The van der Waals surface area contributed by atoms with Gasteiger partial charge in [-0.2, -0.15) is 0 Å². The van der Waals surface area contributed by atoms with Crippen LogP contribution in [0.25, 0.3) is 11.4 Å². The van der Waals surface area contributed by atoms with Crippen molar-refractivity contribution in [2.24, 2.45) is 13.0 Å². The van der Waals surface area contributed by atoms with Gasteiger partial charge in [-0.05, 0) is 43.0 Å². The summed E-state index contributed by atoms with van der Waals surface area (Å²) in [5, 5.41) is 12.0. The molecule has 5 nitrogen and oxygen atoms in total. The van der Waals surface area contributed by atoms with Crippen LogP contribution in [-0.2, 0) is 11.8 Å². The molecule has 1 aliphatic carbocycles. The molecule has 2 aromatic rings. The molecular weight excluding hydrogens is 339 g/mol. The summed E-state index contributed by atoms with van der Waals surface area (Å²) in [6, 6.07) is 6.14. The SMILES string of the molecule is Cn1c(SCC(=O)NCC2CCCCC2)nnc1-c1ccc(F)cc1. The molecule has 1 heterocycles. The van der Waals surface area contributed by atoms with Crippen molar-refractivity contribution in [3.63, 3.8) is 0 Å². The minimum Gasteiger partial charge on any atom is -0.355 e. The molecule has 25 heavy (non-hydrogen) atoms.